The van der Waals surface area contributed by atoms with Crippen molar-refractivity contribution in [2.45, 2.75) is 18.9 Å². The Labute approximate surface area is 148 Å². The summed E-state index contributed by atoms with van der Waals surface area (Å²) in [6, 6.07) is 7.19. The van der Waals surface area contributed by atoms with E-state index < -0.39 is 11.9 Å². The van der Waals surface area contributed by atoms with Crippen molar-refractivity contribution in [1.82, 2.24) is 25.2 Å². The molecule has 1 saturated heterocycles. The van der Waals surface area contributed by atoms with Gasteiger partial charge in [-0.2, -0.15) is 5.10 Å². The third-order valence-corrected chi connectivity index (χ3v) is 4.38. The van der Waals surface area contributed by atoms with E-state index in [4.69, 9.17) is 0 Å². The largest absolute Gasteiger partial charge is 0.354 e. The van der Waals surface area contributed by atoms with Crippen LogP contribution in [0.15, 0.2) is 42.7 Å². The van der Waals surface area contributed by atoms with Crippen LogP contribution in [0.3, 0.4) is 0 Å². The van der Waals surface area contributed by atoms with Crippen LogP contribution in [0, 0.1) is 5.82 Å². The first-order chi connectivity index (χ1) is 12.6. The smallest absolute Gasteiger partial charge is 0.257 e. The molecular weight excluding hydrogens is 337 g/mol. The molecule has 1 atom stereocenters. The van der Waals surface area contributed by atoms with Gasteiger partial charge in [0.05, 0.1) is 11.9 Å². The molecule has 7 nitrogen and oxygen atoms in total. The molecule has 2 amide bonds. The first-order valence-corrected chi connectivity index (χ1v) is 8.31. The van der Waals surface area contributed by atoms with E-state index in [1.165, 1.54) is 22.8 Å². The first kappa shape index (κ1) is 16.2. The summed E-state index contributed by atoms with van der Waals surface area (Å²) in [4.78, 5) is 28.7. The van der Waals surface area contributed by atoms with Gasteiger partial charge in [-0.1, -0.05) is 0 Å². The van der Waals surface area contributed by atoms with Gasteiger partial charge >= 0.3 is 0 Å². The quantitative estimate of drug-likeness (QED) is 0.748. The zero-order chi connectivity index (χ0) is 18.1. The molecule has 0 spiro atoms. The molecule has 2 aromatic heterocycles. The van der Waals surface area contributed by atoms with Crippen molar-refractivity contribution in [3.63, 3.8) is 0 Å². The second kappa shape index (κ2) is 6.55. The topological polar surface area (TPSA) is 88.4 Å². The minimum absolute atomic E-state index is 0.180. The van der Waals surface area contributed by atoms with Gasteiger partial charge in [0.1, 0.15) is 17.4 Å². The van der Waals surface area contributed by atoms with Crippen molar-refractivity contribution in [1.29, 1.82) is 0 Å². The second-order valence-electron chi connectivity index (χ2n) is 6.09. The lowest BCUT2D eigenvalue weighted by Gasteiger charge is -2.22. The number of piperidine rings is 1. The predicted molar refractivity (Wildman–Crippen MR) is 91.9 cm³/mol. The van der Waals surface area contributed by atoms with Crippen LogP contribution in [0.4, 0.5) is 4.39 Å². The van der Waals surface area contributed by atoms with E-state index in [-0.39, 0.29) is 17.3 Å². The predicted octanol–water partition coefficient (Wildman–Crippen LogP) is 1.54. The van der Waals surface area contributed by atoms with Crippen LogP contribution in [0.5, 0.6) is 0 Å². The number of carbonyl (C=O) groups is 2. The summed E-state index contributed by atoms with van der Waals surface area (Å²) in [6.07, 6.45) is 4.41. The van der Waals surface area contributed by atoms with Gasteiger partial charge in [-0.15, -0.1) is 0 Å². The summed E-state index contributed by atoms with van der Waals surface area (Å²) >= 11 is 0. The standard InChI is InChI=1S/C18H16FN5O2/c19-12-5-3-11(4-6-12)15-7-9-20-16-13(10-22-24(15)16)17(25)23-14-2-1-8-21-18(14)26/h3-7,9-10,14H,1-2,8H2,(H,21,26)(H,23,25)/t14-/m1/s1. The number of nitrogens with zero attached hydrogens (tertiary/aromatic N) is 3. The Morgan fingerprint density at radius 1 is 1.27 bits per heavy atom. The summed E-state index contributed by atoms with van der Waals surface area (Å²) in [7, 11) is 0. The number of benzene rings is 1. The zero-order valence-corrected chi connectivity index (χ0v) is 13.8. The van der Waals surface area contributed by atoms with Crippen LogP contribution in [-0.2, 0) is 4.79 Å². The zero-order valence-electron chi connectivity index (χ0n) is 13.8. The lowest BCUT2D eigenvalue weighted by atomic mass is 10.1. The van der Waals surface area contributed by atoms with Crippen LogP contribution in [0.2, 0.25) is 0 Å². The van der Waals surface area contributed by atoms with E-state index in [0.29, 0.717) is 24.3 Å². The maximum absolute atomic E-state index is 13.2. The molecule has 8 heteroatoms. The number of aromatic nitrogens is 3. The van der Waals surface area contributed by atoms with E-state index in [1.807, 2.05) is 0 Å². The fourth-order valence-corrected chi connectivity index (χ4v) is 3.04. The normalized spacial score (nSPS) is 17.1. The first-order valence-electron chi connectivity index (χ1n) is 8.31. The Bertz CT molecular complexity index is 983. The summed E-state index contributed by atoms with van der Waals surface area (Å²) < 4.78 is 14.7. The number of fused-ring (bicyclic) bond motifs is 1. The fourth-order valence-electron chi connectivity index (χ4n) is 3.04. The van der Waals surface area contributed by atoms with Gasteiger partial charge in [0.2, 0.25) is 5.91 Å². The van der Waals surface area contributed by atoms with Crippen LogP contribution in [0.1, 0.15) is 23.2 Å². The molecule has 0 radical (unpaired) electrons. The number of nitrogens with one attached hydrogen (secondary N) is 2. The minimum atomic E-state index is -0.550. The Morgan fingerprint density at radius 3 is 2.85 bits per heavy atom. The van der Waals surface area contributed by atoms with Gasteiger partial charge in [0.25, 0.3) is 5.91 Å². The molecule has 26 heavy (non-hydrogen) atoms. The molecule has 4 rings (SSSR count). The van der Waals surface area contributed by atoms with Crippen LogP contribution < -0.4 is 10.6 Å². The molecule has 2 N–H and O–H groups in total. The summed E-state index contributed by atoms with van der Waals surface area (Å²) in [6.45, 7) is 0.629. The highest BCUT2D eigenvalue weighted by molar-refractivity contribution is 6.02. The lowest BCUT2D eigenvalue weighted by molar-refractivity contribution is -0.124. The maximum Gasteiger partial charge on any atom is 0.257 e. The van der Waals surface area contributed by atoms with Crippen molar-refractivity contribution in [3.05, 3.63) is 54.1 Å². The number of halogens is 1. The van der Waals surface area contributed by atoms with Gasteiger partial charge < -0.3 is 10.6 Å². The Hall–Kier alpha value is -3.29. The van der Waals surface area contributed by atoms with E-state index in [9.17, 15) is 14.0 Å². The average Bonchev–Trinajstić information content (AvgIpc) is 3.09. The van der Waals surface area contributed by atoms with E-state index in [0.717, 1.165) is 12.0 Å². The molecule has 1 aliphatic rings. The Balaban J connectivity index is 1.67. The van der Waals surface area contributed by atoms with Crippen molar-refractivity contribution in [2.75, 3.05) is 6.54 Å². The SMILES string of the molecule is O=C(N[C@@H]1CCCNC1=O)c1cnn2c(-c3ccc(F)cc3)ccnc12. The number of hydrogen-bond donors (Lipinski definition) is 2. The molecule has 1 aliphatic heterocycles. The molecule has 1 fully saturated rings. The number of hydrogen-bond acceptors (Lipinski definition) is 4. The van der Waals surface area contributed by atoms with Gasteiger partial charge in [0, 0.05) is 18.3 Å². The molecule has 0 saturated carbocycles. The highest BCUT2D eigenvalue weighted by Gasteiger charge is 2.25. The molecule has 0 unspecified atom stereocenters. The van der Waals surface area contributed by atoms with Crippen LogP contribution >= 0.6 is 0 Å². The maximum atomic E-state index is 13.2. The number of amides is 2. The van der Waals surface area contributed by atoms with Crippen LogP contribution in [-0.4, -0.2) is 39.0 Å². The van der Waals surface area contributed by atoms with Crippen molar-refractivity contribution < 1.29 is 14.0 Å². The average molecular weight is 353 g/mol. The number of rotatable bonds is 3. The second-order valence-corrected chi connectivity index (χ2v) is 6.09. The fraction of sp³-hybridized carbons (Fsp3) is 0.222. The van der Waals surface area contributed by atoms with Crippen LogP contribution in [0.25, 0.3) is 16.9 Å². The monoisotopic (exact) mass is 353 g/mol. The van der Waals surface area contributed by atoms with Gasteiger partial charge in [-0.3, -0.25) is 9.59 Å². The molecule has 3 aromatic rings. The van der Waals surface area contributed by atoms with Crippen molar-refractivity contribution in [3.8, 4) is 11.3 Å². The summed E-state index contributed by atoms with van der Waals surface area (Å²) in [5.41, 5.74) is 2.10. The van der Waals surface area contributed by atoms with E-state index >= 15 is 0 Å². The third kappa shape index (κ3) is 2.90. The highest BCUT2D eigenvalue weighted by Crippen LogP contribution is 2.21. The third-order valence-electron chi connectivity index (χ3n) is 4.38. The Kier molecular flexibility index (Phi) is 4.08. The minimum Gasteiger partial charge on any atom is -0.354 e. The van der Waals surface area contributed by atoms with Crippen molar-refractivity contribution >= 4 is 17.5 Å². The van der Waals surface area contributed by atoms with Crippen molar-refractivity contribution in [2.24, 2.45) is 0 Å². The van der Waals surface area contributed by atoms with E-state index in [1.54, 1.807) is 24.4 Å². The molecule has 3 heterocycles. The molecule has 0 bridgehead atoms. The Morgan fingerprint density at radius 2 is 2.08 bits per heavy atom. The van der Waals surface area contributed by atoms with Gasteiger partial charge in [-0.05, 0) is 43.2 Å². The summed E-state index contributed by atoms with van der Waals surface area (Å²) in [5, 5.41) is 9.72. The summed E-state index contributed by atoms with van der Waals surface area (Å²) in [5.74, 6) is -0.905. The number of carbonyl (C=O) groups excluding carboxylic acids is 2. The van der Waals surface area contributed by atoms with Gasteiger partial charge in [0.15, 0.2) is 5.65 Å². The molecule has 1 aromatic carbocycles. The molecular formula is C18H16FN5O2. The van der Waals surface area contributed by atoms with Gasteiger partial charge in [-0.25, -0.2) is 13.9 Å². The molecule has 132 valence electrons. The lowest BCUT2D eigenvalue weighted by Crippen LogP contribution is -2.50. The van der Waals surface area contributed by atoms with E-state index in [2.05, 4.69) is 20.7 Å². The molecule has 0 aliphatic carbocycles. The highest BCUT2D eigenvalue weighted by atomic mass is 19.1.